The second-order valence-electron chi connectivity index (χ2n) is 3.18. The van der Waals surface area contributed by atoms with E-state index in [1.165, 1.54) is 5.56 Å². The molecule has 1 aliphatic heterocycles. The second kappa shape index (κ2) is 4.01. The van der Waals surface area contributed by atoms with Crippen LogP contribution in [0.3, 0.4) is 0 Å². The van der Waals surface area contributed by atoms with E-state index in [9.17, 15) is 0 Å². The van der Waals surface area contributed by atoms with Gasteiger partial charge in [-0.25, -0.2) is 0 Å². The van der Waals surface area contributed by atoms with Gasteiger partial charge in [-0.1, -0.05) is 36.9 Å². The van der Waals surface area contributed by atoms with Crippen LogP contribution in [-0.4, -0.2) is 6.79 Å². The van der Waals surface area contributed by atoms with Gasteiger partial charge in [0.1, 0.15) is 6.26 Å². The molecule has 1 heterocycles. The quantitative estimate of drug-likeness (QED) is 0.726. The van der Waals surface area contributed by atoms with Crippen LogP contribution in [0.1, 0.15) is 5.56 Å². The zero-order chi connectivity index (χ0) is 9.80. The summed E-state index contributed by atoms with van der Waals surface area (Å²) in [6.07, 6.45) is 2.42. The lowest BCUT2D eigenvalue weighted by atomic mass is 10.1. The fraction of sp³-hybridized carbons (Fsp3) is 0.167. The molecule has 0 amide bonds. The van der Waals surface area contributed by atoms with Gasteiger partial charge in [0.05, 0.1) is 0 Å². The summed E-state index contributed by atoms with van der Waals surface area (Å²) in [6, 6.07) is 10.2. The molecule has 0 spiro atoms. The van der Waals surface area contributed by atoms with E-state index in [0.717, 1.165) is 17.8 Å². The minimum absolute atomic E-state index is 0.309. The molecule has 0 saturated carbocycles. The molecule has 1 aromatic carbocycles. The molecule has 1 aromatic rings. The summed E-state index contributed by atoms with van der Waals surface area (Å²) in [6.45, 7) is 4.27. The Kier molecular flexibility index (Phi) is 2.54. The topological polar surface area (TPSA) is 18.5 Å². The Labute approximate surface area is 83.5 Å². The van der Waals surface area contributed by atoms with Crippen molar-refractivity contribution in [1.82, 2.24) is 0 Å². The van der Waals surface area contributed by atoms with Gasteiger partial charge < -0.3 is 9.47 Å². The monoisotopic (exact) mass is 188 g/mol. The van der Waals surface area contributed by atoms with E-state index in [-0.39, 0.29) is 0 Å². The number of hydrogen-bond donors (Lipinski definition) is 0. The van der Waals surface area contributed by atoms with Crippen molar-refractivity contribution >= 4 is 0 Å². The molecular weight excluding hydrogens is 176 g/mol. The Hall–Kier alpha value is -1.70. The van der Waals surface area contributed by atoms with Crippen LogP contribution in [0.2, 0.25) is 0 Å². The highest BCUT2D eigenvalue weighted by Gasteiger charge is 2.10. The van der Waals surface area contributed by atoms with Crippen LogP contribution in [0.15, 0.2) is 54.5 Å². The smallest absolute Gasteiger partial charge is 0.230 e. The summed E-state index contributed by atoms with van der Waals surface area (Å²) in [4.78, 5) is 0. The fourth-order valence-electron chi connectivity index (χ4n) is 1.36. The minimum Gasteiger partial charge on any atom is -0.461 e. The summed E-state index contributed by atoms with van der Waals surface area (Å²) in [5, 5.41) is 0. The first-order chi connectivity index (χ1) is 6.86. The van der Waals surface area contributed by atoms with Crippen LogP contribution in [0, 0.1) is 0 Å². The summed E-state index contributed by atoms with van der Waals surface area (Å²) in [5.74, 6) is 0.758. The van der Waals surface area contributed by atoms with E-state index in [1.54, 1.807) is 6.26 Å². The molecule has 0 aromatic heterocycles. The molecule has 0 N–H and O–H groups in total. The van der Waals surface area contributed by atoms with E-state index in [0.29, 0.717) is 6.79 Å². The van der Waals surface area contributed by atoms with Crippen LogP contribution in [-0.2, 0) is 15.9 Å². The maximum Gasteiger partial charge on any atom is 0.230 e. The molecule has 0 bridgehead atoms. The van der Waals surface area contributed by atoms with Crippen molar-refractivity contribution in [2.45, 2.75) is 6.42 Å². The van der Waals surface area contributed by atoms with Gasteiger partial charge in [-0.15, -0.1) is 0 Å². The molecule has 1 aliphatic rings. The molecule has 0 aliphatic carbocycles. The van der Waals surface area contributed by atoms with Crippen molar-refractivity contribution in [3.05, 3.63) is 60.1 Å². The minimum atomic E-state index is 0.309. The van der Waals surface area contributed by atoms with E-state index in [2.05, 4.69) is 18.7 Å². The normalized spacial score (nSPS) is 14.1. The molecule has 2 heteroatoms. The van der Waals surface area contributed by atoms with Crippen LogP contribution in [0.25, 0.3) is 0 Å². The highest BCUT2D eigenvalue weighted by atomic mass is 16.7. The van der Waals surface area contributed by atoms with Crippen molar-refractivity contribution in [1.29, 1.82) is 0 Å². The molecule has 0 unspecified atom stereocenters. The molecule has 72 valence electrons. The third kappa shape index (κ3) is 1.96. The molecule has 2 rings (SSSR count). The average Bonchev–Trinajstić information content (AvgIpc) is 2.72. The molecule has 0 atom stereocenters. The Morgan fingerprint density at radius 2 is 2.07 bits per heavy atom. The lowest BCUT2D eigenvalue weighted by molar-refractivity contribution is 0.0830. The molecule has 14 heavy (non-hydrogen) atoms. The molecule has 0 saturated heterocycles. The third-order valence-electron chi connectivity index (χ3n) is 2.08. The Morgan fingerprint density at radius 1 is 1.29 bits per heavy atom. The van der Waals surface area contributed by atoms with E-state index < -0.39 is 0 Å². The van der Waals surface area contributed by atoms with Crippen molar-refractivity contribution in [3.63, 3.8) is 0 Å². The highest BCUT2D eigenvalue weighted by Crippen LogP contribution is 2.19. The summed E-state index contributed by atoms with van der Waals surface area (Å²) < 4.78 is 10.2. The molecular formula is C12H12O2. The lowest BCUT2D eigenvalue weighted by Crippen LogP contribution is -1.94. The lowest BCUT2D eigenvalue weighted by Gasteiger charge is -2.04. The van der Waals surface area contributed by atoms with Gasteiger partial charge in [0.15, 0.2) is 5.76 Å². The first-order valence-corrected chi connectivity index (χ1v) is 4.53. The van der Waals surface area contributed by atoms with Crippen LogP contribution in [0.5, 0.6) is 0 Å². The van der Waals surface area contributed by atoms with Gasteiger partial charge in [-0.05, 0) is 11.1 Å². The molecule has 2 nitrogen and oxygen atoms in total. The Bertz CT molecular complexity index is 352. The van der Waals surface area contributed by atoms with Crippen LogP contribution >= 0.6 is 0 Å². The highest BCUT2D eigenvalue weighted by molar-refractivity contribution is 5.30. The largest absolute Gasteiger partial charge is 0.461 e. The third-order valence-corrected chi connectivity index (χ3v) is 2.08. The van der Waals surface area contributed by atoms with Crippen molar-refractivity contribution < 1.29 is 9.47 Å². The van der Waals surface area contributed by atoms with Gasteiger partial charge >= 0.3 is 0 Å². The average molecular weight is 188 g/mol. The summed E-state index contributed by atoms with van der Waals surface area (Å²) in [5.41, 5.74) is 2.18. The number of benzene rings is 1. The zero-order valence-corrected chi connectivity index (χ0v) is 7.90. The Morgan fingerprint density at radius 3 is 2.71 bits per heavy atom. The maximum atomic E-state index is 5.23. The van der Waals surface area contributed by atoms with Gasteiger partial charge in [-0.2, -0.15) is 0 Å². The van der Waals surface area contributed by atoms with Crippen molar-refractivity contribution in [3.8, 4) is 0 Å². The number of rotatable bonds is 3. The second-order valence-corrected chi connectivity index (χ2v) is 3.18. The van der Waals surface area contributed by atoms with Gasteiger partial charge in [0.2, 0.25) is 6.79 Å². The zero-order valence-electron chi connectivity index (χ0n) is 7.90. The predicted octanol–water partition coefficient (Wildman–Crippen LogP) is 2.63. The summed E-state index contributed by atoms with van der Waals surface area (Å²) in [7, 11) is 0. The Balaban J connectivity index is 2.01. The van der Waals surface area contributed by atoms with E-state index >= 15 is 0 Å². The maximum absolute atomic E-state index is 5.23. The summed E-state index contributed by atoms with van der Waals surface area (Å²) >= 11 is 0. The van der Waals surface area contributed by atoms with Crippen LogP contribution in [0.4, 0.5) is 0 Å². The van der Waals surface area contributed by atoms with Crippen LogP contribution < -0.4 is 0 Å². The first kappa shape index (κ1) is 8.88. The molecule has 0 radical (unpaired) electrons. The SMILES string of the molecule is C=C(Cc1ccccc1)C1=COCO1. The standard InChI is InChI=1S/C12H12O2/c1-10(12-8-13-9-14-12)7-11-5-3-2-4-6-11/h2-6,8H,1,7,9H2. The fourth-order valence-corrected chi connectivity index (χ4v) is 1.36. The van der Waals surface area contributed by atoms with Crippen molar-refractivity contribution in [2.24, 2.45) is 0 Å². The first-order valence-electron chi connectivity index (χ1n) is 4.53. The number of allylic oxidation sites excluding steroid dienone is 1. The van der Waals surface area contributed by atoms with Gasteiger partial charge in [-0.3, -0.25) is 0 Å². The van der Waals surface area contributed by atoms with Gasteiger partial charge in [0, 0.05) is 6.42 Å². The number of hydrogen-bond acceptors (Lipinski definition) is 2. The molecule has 0 fully saturated rings. The van der Waals surface area contributed by atoms with Crippen molar-refractivity contribution in [2.75, 3.05) is 6.79 Å². The van der Waals surface area contributed by atoms with E-state index in [4.69, 9.17) is 9.47 Å². The number of ether oxygens (including phenoxy) is 2. The van der Waals surface area contributed by atoms with Gasteiger partial charge in [0.25, 0.3) is 0 Å². The van der Waals surface area contributed by atoms with E-state index in [1.807, 2.05) is 18.2 Å². The predicted molar refractivity (Wildman–Crippen MR) is 54.4 cm³/mol.